The van der Waals surface area contributed by atoms with E-state index in [0.717, 1.165) is 4.52 Å². The first-order valence-corrected chi connectivity index (χ1v) is 10.8. The SMILES string of the molecule is C=CN=C1C=C(Cl)C=C/C1=C\c1c(C)nn2c(C#N)c(C(F)(F)F)nc2c1N1CC(OCC)C1. The molecule has 2 aromatic rings. The fraction of sp³-hybridized carbons (Fsp3) is 0.304. The molecule has 0 atom stereocenters. The number of imidazole rings is 1. The quantitative estimate of drug-likeness (QED) is 0.603. The molecule has 3 heterocycles. The zero-order valence-electron chi connectivity index (χ0n) is 18.4. The Balaban J connectivity index is 1.97. The lowest BCUT2D eigenvalue weighted by Crippen LogP contribution is -2.52. The zero-order valence-corrected chi connectivity index (χ0v) is 19.2. The van der Waals surface area contributed by atoms with Crippen LogP contribution in [0.3, 0.4) is 0 Å². The molecule has 176 valence electrons. The molecule has 0 aromatic carbocycles. The molecule has 0 unspecified atom stereocenters. The van der Waals surface area contributed by atoms with E-state index in [2.05, 4.69) is 21.7 Å². The van der Waals surface area contributed by atoms with E-state index in [9.17, 15) is 18.4 Å². The molecule has 11 heteroatoms. The van der Waals surface area contributed by atoms with Gasteiger partial charge in [0.15, 0.2) is 17.0 Å². The van der Waals surface area contributed by atoms with Crippen molar-refractivity contribution in [1.82, 2.24) is 14.6 Å². The molecule has 4 rings (SSSR count). The van der Waals surface area contributed by atoms with Gasteiger partial charge in [-0.2, -0.15) is 23.5 Å². The highest BCUT2D eigenvalue weighted by Gasteiger charge is 2.40. The number of nitrogens with zero attached hydrogens (tertiary/aromatic N) is 6. The van der Waals surface area contributed by atoms with Crippen LogP contribution in [0.4, 0.5) is 18.9 Å². The number of halogens is 4. The standard InChI is InChI=1S/C23H20ClF3N6O/c1-4-29-18-9-15(24)7-6-14(18)8-17-13(3)31-33-19(10-28)21(23(25,26)27)30-22(33)20(17)32-11-16(12-32)34-5-2/h4,6-9,16H,1,5,11-12H2,2-3H3/b14-8+,29-18?. The van der Waals surface area contributed by atoms with Crippen molar-refractivity contribution >= 4 is 34.7 Å². The molecule has 7 nitrogen and oxygen atoms in total. The Labute approximate surface area is 198 Å². The average molecular weight is 489 g/mol. The third kappa shape index (κ3) is 4.24. The third-order valence-corrected chi connectivity index (χ3v) is 5.66. The summed E-state index contributed by atoms with van der Waals surface area (Å²) in [6, 6.07) is 1.61. The van der Waals surface area contributed by atoms with E-state index in [1.54, 1.807) is 37.3 Å². The maximum atomic E-state index is 13.7. The van der Waals surface area contributed by atoms with Crippen LogP contribution in [0.2, 0.25) is 0 Å². The molecule has 2 aliphatic rings. The number of ether oxygens (including phenoxy) is 1. The van der Waals surface area contributed by atoms with Gasteiger partial charge in [0.05, 0.1) is 23.2 Å². The highest BCUT2D eigenvalue weighted by molar-refractivity contribution is 6.35. The van der Waals surface area contributed by atoms with Crippen molar-refractivity contribution < 1.29 is 17.9 Å². The van der Waals surface area contributed by atoms with Gasteiger partial charge in [0.1, 0.15) is 6.07 Å². The molecule has 1 aliphatic carbocycles. The van der Waals surface area contributed by atoms with Crippen molar-refractivity contribution in [3.05, 3.63) is 64.3 Å². The number of hydrogen-bond donors (Lipinski definition) is 0. The number of nitriles is 1. The van der Waals surface area contributed by atoms with Crippen LogP contribution in [0.1, 0.15) is 29.6 Å². The molecule has 0 radical (unpaired) electrons. The maximum Gasteiger partial charge on any atom is 0.436 e. The van der Waals surface area contributed by atoms with Crippen LogP contribution >= 0.6 is 11.6 Å². The van der Waals surface area contributed by atoms with Gasteiger partial charge in [0.25, 0.3) is 0 Å². The van der Waals surface area contributed by atoms with Crippen LogP contribution in [0.5, 0.6) is 0 Å². The van der Waals surface area contributed by atoms with Crippen LogP contribution in [0, 0.1) is 18.3 Å². The molecule has 0 N–H and O–H groups in total. The van der Waals surface area contributed by atoms with Crippen molar-refractivity contribution in [1.29, 1.82) is 5.26 Å². The highest BCUT2D eigenvalue weighted by Crippen LogP contribution is 2.38. The van der Waals surface area contributed by atoms with Gasteiger partial charge in [0, 0.05) is 42.1 Å². The fourth-order valence-corrected chi connectivity index (χ4v) is 4.07. The summed E-state index contributed by atoms with van der Waals surface area (Å²) < 4.78 is 47.6. The summed E-state index contributed by atoms with van der Waals surface area (Å²) in [4.78, 5) is 9.96. The van der Waals surface area contributed by atoms with Gasteiger partial charge in [-0.25, -0.2) is 9.50 Å². The first kappa shape index (κ1) is 23.7. The molecule has 0 bridgehead atoms. The monoisotopic (exact) mass is 488 g/mol. The Hall–Kier alpha value is -3.42. The van der Waals surface area contributed by atoms with E-state index in [1.165, 1.54) is 6.20 Å². The zero-order chi connectivity index (χ0) is 24.6. The summed E-state index contributed by atoms with van der Waals surface area (Å²) in [7, 11) is 0. The van der Waals surface area contributed by atoms with Crippen molar-refractivity contribution in [3.8, 4) is 6.07 Å². The highest BCUT2D eigenvalue weighted by atomic mass is 35.5. The smallest absolute Gasteiger partial charge is 0.375 e. The number of fused-ring (bicyclic) bond motifs is 1. The van der Waals surface area contributed by atoms with Crippen LogP contribution in [-0.4, -0.2) is 46.1 Å². The van der Waals surface area contributed by atoms with Crippen molar-refractivity contribution in [2.75, 3.05) is 24.6 Å². The Morgan fingerprint density at radius 3 is 2.74 bits per heavy atom. The second-order valence-corrected chi connectivity index (χ2v) is 8.08. The third-order valence-electron chi connectivity index (χ3n) is 5.42. The Bertz CT molecular complexity index is 1320. The largest absolute Gasteiger partial charge is 0.436 e. The number of allylic oxidation sites excluding steroid dienone is 5. The molecular formula is C23H20ClF3N6O. The molecular weight excluding hydrogens is 469 g/mol. The summed E-state index contributed by atoms with van der Waals surface area (Å²) in [6.07, 6.45) is 3.41. The maximum absolute atomic E-state index is 13.7. The molecule has 0 amide bonds. The normalized spacial score (nSPS) is 19.0. The predicted octanol–water partition coefficient (Wildman–Crippen LogP) is 4.81. The summed E-state index contributed by atoms with van der Waals surface area (Å²) >= 11 is 6.11. The molecule has 1 aliphatic heterocycles. The first-order chi connectivity index (χ1) is 16.2. The number of alkyl halides is 3. The Morgan fingerprint density at radius 1 is 1.38 bits per heavy atom. The van der Waals surface area contributed by atoms with Gasteiger partial charge in [-0.05, 0) is 32.1 Å². The summed E-state index contributed by atoms with van der Waals surface area (Å²) in [6.45, 7) is 8.63. The van der Waals surface area contributed by atoms with E-state index in [1.807, 2.05) is 11.8 Å². The van der Waals surface area contributed by atoms with Crippen molar-refractivity contribution in [2.45, 2.75) is 26.1 Å². The minimum atomic E-state index is -4.80. The summed E-state index contributed by atoms with van der Waals surface area (Å²) in [5.41, 5.74) is 0.662. The number of anilines is 1. The average Bonchev–Trinajstić information content (AvgIpc) is 3.12. The molecule has 0 saturated carbocycles. The van der Waals surface area contributed by atoms with Gasteiger partial charge in [0.2, 0.25) is 0 Å². The molecule has 2 aromatic heterocycles. The number of hydrogen-bond acceptors (Lipinski definition) is 6. The van der Waals surface area contributed by atoms with Gasteiger partial charge < -0.3 is 9.64 Å². The van der Waals surface area contributed by atoms with Crippen LogP contribution < -0.4 is 4.90 Å². The summed E-state index contributed by atoms with van der Waals surface area (Å²) in [5.74, 6) is 0. The second kappa shape index (κ2) is 9.08. The van der Waals surface area contributed by atoms with Crippen molar-refractivity contribution in [3.63, 3.8) is 0 Å². The molecule has 1 saturated heterocycles. The minimum absolute atomic E-state index is 0.0492. The minimum Gasteiger partial charge on any atom is -0.375 e. The van der Waals surface area contributed by atoms with E-state index < -0.39 is 17.6 Å². The Morgan fingerprint density at radius 2 is 2.12 bits per heavy atom. The lowest BCUT2D eigenvalue weighted by Gasteiger charge is -2.41. The van der Waals surface area contributed by atoms with E-state index in [0.29, 0.717) is 53.0 Å². The first-order valence-electron chi connectivity index (χ1n) is 10.4. The number of aromatic nitrogens is 3. The lowest BCUT2D eigenvalue weighted by molar-refractivity contribution is -0.141. The van der Waals surface area contributed by atoms with Gasteiger partial charge in [-0.3, -0.25) is 4.99 Å². The molecule has 1 fully saturated rings. The van der Waals surface area contributed by atoms with E-state index >= 15 is 0 Å². The summed E-state index contributed by atoms with van der Waals surface area (Å²) in [5, 5.41) is 14.2. The van der Waals surface area contributed by atoms with Crippen molar-refractivity contribution in [2.24, 2.45) is 4.99 Å². The molecule has 34 heavy (non-hydrogen) atoms. The lowest BCUT2D eigenvalue weighted by atomic mass is 9.99. The van der Waals surface area contributed by atoms with Gasteiger partial charge in [-0.1, -0.05) is 24.3 Å². The van der Waals surface area contributed by atoms with Crippen LogP contribution in [0.25, 0.3) is 11.7 Å². The fourth-order valence-electron chi connectivity index (χ4n) is 3.91. The topological polar surface area (TPSA) is 78.8 Å². The van der Waals surface area contributed by atoms with Crippen LogP contribution in [-0.2, 0) is 10.9 Å². The Kier molecular flexibility index (Phi) is 6.34. The van der Waals surface area contributed by atoms with Crippen LogP contribution in [0.15, 0.2) is 46.6 Å². The van der Waals surface area contributed by atoms with Gasteiger partial charge >= 0.3 is 6.18 Å². The number of aliphatic imine (C=N–C) groups is 1. The number of aryl methyl sites for hydroxylation is 1. The van der Waals surface area contributed by atoms with Gasteiger partial charge in [-0.15, -0.1) is 0 Å². The van der Waals surface area contributed by atoms with E-state index in [4.69, 9.17) is 16.3 Å². The molecule has 0 spiro atoms. The second-order valence-electron chi connectivity index (χ2n) is 7.64. The number of rotatable bonds is 5. The van der Waals surface area contributed by atoms with E-state index in [-0.39, 0.29) is 11.8 Å². The predicted molar refractivity (Wildman–Crippen MR) is 124 cm³/mol.